The molecule has 2 heterocycles. The lowest BCUT2D eigenvalue weighted by atomic mass is 10.1. The molecule has 0 aliphatic heterocycles. The van der Waals surface area contributed by atoms with Crippen LogP contribution in [0.4, 0.5) is 5.69 Å². The zero-order chi connectivity index (χ0) is 21.1. The van der Waals surface area contributed by atoms with Crippen LogP contribution < -0.4 is 5.32 Å². The summed E-state index contributed by atoms with van der Waals surface area (Å²) in [4.78, 5) is 24.4. The molecule has 29 heavy (non-hydrogen) atoms. The molecule has 1 N–H and O–H groups in total. The highest BCUT2D eigenvalue weighted by Crippen LogP contribution is 2.18. The molecule has 3 rings (SSSR count). The van der Waals surface area contributed by atoms with Crippen LogP contribution in [0.3, 0.4) is 0 Å². The minimum absolute atomic E-state index is 0.100. The molecule has 152 valence electrons. The second-order valence-corrected chi connectivity index (χ2v) is 6.82. The van der Waals surface area contributed by atoms with Gasteiger partial charge in [0, 0.05) is 24.0 Å². The van der Waals surface area contributed by atoms with Gasteiger partial charge < -0.3 is 10.1 Å². The van der Waals surface area contributed by atoms with E-state index in [1.54, 1.807) is 28.4 Å². The predicted molar refractivity (Wildman–Crippen MR) is 109 cm³/mol. The van der Waals surface area contributed by atoms with Crippen molar-refractivity contribution in [3.63, 3.8) is 0 Å². The largest absolute Gasteiger partial charge is 0.462 e. The first-order valence-electron chi connectivity index (χ1n) is 9.43. The molecule has 3 aromatic rings. The standard InChI is InChI=1S/C21H25N5O3/c1-6-29-21(28)19-12-22-26(15(19)4)17-9-7-16(8-10-17)23-20(27)11-18-13(2)24-25(5)14(18)3/h7-10,12H,6,11H2,1-5H3,(H,23,27). The molecule has 8 heteroatoms. The van der Waals surface area contributed by atoms with Crippen molar-refractivity contribution in [2.75, 3.05) is 11.9 Å². The lowest BCUT2D eigenvalue weighted by molar-refractivity contribution is -0.115. The minimum atomic E-state index is -0.388. The number of amides is 1. The number of carbonyl (C=O) groups is 2. The fourth-order valence-electron chi connectivity index (χ4n) is 3.20. The third-order valence-corrected chi connectivity index (χ3v) is 4.90. The monoisotopic (exact) mass is 395 g/mol. The van der Waals surface area contributed by atoms with E-state index < -0.39 is 0 Å². The second kappa shape index (κ2) is 8.30. The molecular formula is C21H25N5O3. The van der Waals surface area contributed by atoms with Gasteiger partial charge in [-0.3, -0.25) is 9.48 Å². The first-order chi connectivity index (χ1) is 13.8. The van der Waals surface area contributed by atoms with Crippen LogP contribution in [0.5, 0.6) is 0 Å². The number of aromatic nitrogens is 4. The summed E-state index contributed by atoms with van der Waals surface area (Å²) in [6, 6.07) is 7.29. The van der Waals surface area contributed by atoms with Gasteiger partial charge >= 0.3 is 5.97 Å². The number of hydrogen-bond donors (Lipinski definition) is 1. The Morgan fingerprint density at radius 2 is 1.79 bits per heavy atom. The van der Waals surface area contributed by atoms with Gasteiger partial charge in [-0.2, -0.15) is 10.2 Å². The van der Waals surface area contributed by atoms with Gasteiger partial charge in [0.1, 0.15) is 5.56 Å². The van der Waals surface area contributed by atoms with E-state index in [2.05, 4.69) is 15.5 Å². The number of nitrogens with zero attached hydrogens (tertiary/aromatic N) is 4. The first kappa shape index (κ1) is 20.3. The number of aryl methyl sites for hydroxylation is 2. The summed E-state index contributed by atoms with van der Waals surface area (Å²) < 4.78 is 8.49. The number of anilines is 1. The number of ether oxygens (including phenoxy) is 1. The van der Waals surface area contributed by atoms with Crippen LogP contribution in [-0.2, 0) is 23.0 Å². The normalized spacial score (nSPS) is 10.8. The van der Waals surface area contributed by atoms with Gasteiger partial charge in [-0.15, -0.1) is 0 Å². The van der Waals surface area contributed by atoms with Gasteiger partial charge in [0.15, 0.2) is 0 Å². The summed E-state index contributed by atoms with van der Waals surface area (Å²) in [5.41, 5.74) is 5.40. The molecule has 0 aliphatic carbocycles. The van der Waals surface area contributed by atoms with Crippen LogP contribution in [0, 0.1) is 20.8 Å². The molecule has 0 aliphatic rings. The Bertz CT molecular complexity index is 1050. The molecule has 8 nitrogen and oxygen atoms in total. The number of esters is 1. The maximum atomic E-state index is 12.4. The summed E-state index contributed by atoms with van der Waals surface area (Å²) >= 11 is 0. The van der Waals surface area contributed by atoms with E-state index in [1.165, 1.54) is 6.20 Å². The van der Waals surface area contributed by atoms with E-state index in [4.69, 9.17) is 4.74 Å². The highest BCUT2D eigenvalue weighted by Gasteiger charge is 2.16. The zero-order valence-electron chi connectivity index (χ0n) is 17.3. The number of carbonyl (C=O) groups excluding carboxylic acids is 2. The first-order valence-corrected chi connectivity index (χ1v) is 9.43. The van der Waals surface area contributed by atoms with Crippen LogP contribution >= 0.6 is 0 Å². The van der Waals surface area contributed by atoms with Gasteiger partial charge in [-0.1, -0.05) is 0 Å². The van der Waals surface area contributed by atoms with Crippen molar-refractivity contribution >= 4 is 17.6 Å². The molecule has 0 spiro atoms. The molecule has 0 atom stereocenters. The smallest absolute Gasteiger partial charge is 0.341 e. The molecule has 0 fully saturated rings. The Morgan fingerprint density at radius 1 is 1.10 bits per heavy atom. The highest BCUT2D eigenvalue weighted by molar-refractivity contribution is 5.92. The maximum Gasteiger partial charge on any atom is 0.341 e. The molecule has 1 aromatic carbocycles. The number of rotatable bonds is 6. The SMILES string of the molecule is CCOC(=O)c1cnn(-c2ccc(NC(=O)Cc3c(C)nn(C)c3C)cc2)c1C. The summed E-state index contributed by atoms with van der Waals surface area (Å²) in [7, 11) is 1.87. The third-order valence-electron chi connectivity index (χ3n) is 4.90. The van der Waals surface area contributed by atoms with Crippen LogP contribution in [0.15, 0.2) is 30.5 Å². The van der Waals surface area contributed by atoms with Crippen molar-refractivity contribution in [2.24, 2.45) is 7.05 Å². The molecule has 0 saturated carbocycles. The topological polar surface area (TPSA) is 91.0 Å². The molecule has 1 amide bonds. The second-order valence-electron chi connectivity index (χ2n) is 6.82. The van der Waals surface area contributed by atoms with Crippen molar-refractivity contribution in [2.45, 2.75) is 34.1 Å². The fraction of sp³-hybridized carbons (Fsp3) is 0.333. The lowest BCUT2D eigenvalue weighted by Crippen LogP contribution is -2.15. The minimum Gasteiger partial charge on any atom is -0.462 e. The molecule has 0 bridgehead atoms. The summed E-state index contributed by atoms with van der Waals surface area (Å²) in [6.07, 6.45) is 1.77. The Hall–Kier alpha value is -3.42. The van der Waals surface area contributed by atoms with Gasteiger partial charge in [-0.25, -0.2) is 9.48 Å². The van der Waals surface area contributed by atoms with E-state index in [0.29, 0.717) is 23.6 Å². The molecule has 0 radical (unpaired) electrons. The van der Waals surface area contributed by atoms with E-state index in [9.17, 15) is 9.59 Å². The van der Waals surface area contributed by atoms with Crippen LogP contribution in [0.25, 0.3) is 5.69 Å². The van der Waals surface area contributed by atoms with E-state index in [0.717, 1.165) is 22.6 Å². The third kappa shape index (κ3) is 4.21. The Kier molecular flexibility index (Phi) is 5.81. The van der Waals surface area contributed by atoms with E-state index >= 15 is 0 Å². The van der Waals surface area contributed by atoms with E-state index in [1.807, 2.05) is 40.0 Å². The van der Waals surface area contributed by atoms with Gasteiger partial charge in [-0.05, 0) is 52.0 Å². The van der Waals surface area contributed by atoms with Crippen LogP contribution in [-0.4, -0.2) is 38.0 Å². The van der Waals surface area contributed by atoms with E-state index in [-0.39, 0.29) is 18.3 Å². The Morgan fingerprint density at radius 3 is 2.38 bits per heavy atom. The van der Waals surface area contributed by atoms with Crippen molar-refractivity contribution in [3.05, 3.63) is 58.7 Å². The van der Waals surface area contributed by atoms with Gasteiger partial charge in [0.05, 0.1) is 36.3 Å². The highest BCUT2D eigenvalue weighted by atomic mass is 16.5. The Balaban J connectivity index is 1.71. The fourth-order valence-corrected chi connectivity index (χ4v) is 3.20. The maximum absolute atomic E-state index is 12.4. The average Bonchev–Trinajstić information content (AvgIpc) is 3.17. The Labute approximate surface area is 169 Å². The van der Waals surface area contributed by atoms with Crippen molar-refractivity contribution in [3.8, 4) is 5.69 Å². The van der Waals surface area contributed by atoms with Crippen molar-refractivity contribution < 1.29 is 14.3 Å². The number of benzene rings is 1. The zero-order valence-corrected chi connectivity index (χ0v) is 17.3. The summed E-state index contributed by atoms with van der Waals surface area (Å²) in [6.45, 7) is 7.75. The average molecular weight is 395 g/mol. The van der Waals surface area contributed by atoms with Gasteiger partial charge in [0.25, 0.3) is 0 Å². The lowest BCUT2D eigenvalue weighted by Gasteiger charge is -2.09. The van der Waals surface area contributed by atoms with Gasteiger partial charge in [0.2, 0.25) is 5.91 Å². The molecule has 0 unspecified atom stereocenters. The predicted octanol–water partition coefficient (Wildman–Crippen LogP) is 2.89. The van der Waals surface area contributed by atoms with Crippen molar-refractivity contribution in [1.82, 2.24) is 19.6 Å². The van der Waals surface area contributed by atoms with Crippen LogP contribution in [0.2, 0.25) is 0 Å². The van der Waals surface area contributed by atoms with Crippen LogP contribution in [0.1, 0.15) is 39.9 Å². The quantitative estimate of drug-likeness (QED) is 0.648. The summed E-state index contributed by atoms with van der Waals surface area (Å²) in [5.74, 6) is -0.488. The molecule has 0 saturated heterocycles. The van der Waals surface area contributed by atoms with Crippen molar-refractivity contribution in [1.29, 1.82) is 0 Å². The summed E-state index contributed by atoms with van der Waals surface area (Å²) in [5, 5.41) is 11.5. The molecular weight excluding hydrogens is 370 g/mol. The molecule has 2 aromatic heterocycles. The number of nitrogens with one attached hydrogen (secondary N) is 1. The number of hydrogen-bond acceptors (Lipinski definition) is 5.